The minimum absolute atomic E-state index is 0.394. The number of hydrogen-bond acceptors (Lipinski definition) is 4. The van der Waals surface area contributed by atoms with Gasteiger partial charge in [-0.3, -0.25) is 9.55 Å². The molecule has 4 aromatic rings. The number of imidazole rings is 1. The summed E-state index contributed by atoms with van der Waals surface area (Å²) < 4.78 is 2.70. The zero-order valence-corrected chi connectivity index (χ0v) is 15.9. The molecule has 2 aromatic heterocycles. The number of anilines is 1. The summed E-state index contributed by atoms with van der Waals surface area (Å²) in [5.74, 6) is 0.394. The lowest BCUT2D eigenvalue weighted by atomic mass is 10.1. The average Bonchev–Trinajstić information content (AvgIpc) is 2.98. The molecule has 0 saturated carbocycles. The van der Waals surface area contributed by atoms with Gasteiger partial charge in [0, 0.05) is 22.0 Å². The Hall–Kier alpha value is -2.62. The van der Waals surface area contributed by atoms with E-state index in [1.807, 2.05) is 41.0 Å². The quantitative estimate of drug-likeness (QED) is 0.498. The van der Waals surface area contributed by atoms with E-state index in [1.54, 1.807) is 6.20 Å². The van der Waals surface area contributed by atoms with E-state index in [9.17, 15) is 0 Å². The predicted molar refractivity (Wildman–Crippen MR) is 107 cm³/mol. The number of fused-ring (bicyclic) bond motifs is 3. The third-order valence-corrected chi connectivity index (χ3v) is 5.47. The Bertz CT molecular complexity index is 1170. The molecule has 2 N–H and O–H groups in total. The molecule has 0 aliphatic heterocycles. The Morgan fingerprint density at radius 3 is 2.69 bits per heavy atom. The lowest BCUT2D eigenvalue weighted by Gasteiger charge is -2.10. The normalized spacial score (nSPS) is 11.1. The van der Waals surface area contributed by atoms with Crippen molar-refractivity contribution in [1.29, 1.82) is 5.26 Å². The van der Waals surface area contributed by atoms with E-state index < -0.39 is 0 Å². The van der Waals surface area contributed by atoms with Gasteiger partial charge in [0.15, 0.2) is 0 Å². The highest BCUT2D eigenvalue weighted by molar-refractivity contribution is 9.10. The number of aromatic nitrogens is 3. The van der Waals surface area contributed by atoms with Crippen LogP contribution in [-0.2, 0) is 6.42 Å². The van der Waals surface area contributed by atoms with Crippen LogP contribution in [0.4, 0.5) is 5.95 Å². The molecule has 0 saturated heterocycles. The molecule has 0 amide bonds. The van der Waals surface area contributed by atoms with Crippen molar-refractivity contribution < 1.29 is 0 Å². The first-order valence-corrected chi connectivity index (χ1v) is 9.13. The topological polar surface area (TPSA) is 80.5 Å². The first kappa shape index (κ1) is 16.8. The van der Waals surface area contributed by atoms with Crippen LogP contribution >= 0.6 is 27.5 Å². The van der Waals surface area contributed by atoms with Crippen LogP contribution in [0.5, 0.6) is 0 Å². The van der Waals surface area contributed by atoms with Gasteiger partial charge < -0.3 is 5.73 Å². The van der Waals surface area contributed by atoms with Gasteiger partial charge >= 0.3 is 0 Å². The number of nitrogen functional groups attached to an aromatic ring is 1. The minimum atomic E-state index is 0.394. The van der Waals surface area contributed by atoms with Gasteiger partial charge in [-0.15, -0.1) is 0 Å². The van der Waals surface area contributed by atoms with Gasteiger partial charge in [-0.2, -0.15) is 5.26 Å². The molecule has 0 fully saturated rings. The first-order valence-electron chi connectivity index (χ1n) is 7.96. The molecule has 5 nitrogen and oxygen atoms in total. The third-order valence-electron chi connectivity index (χ3n) is 4.27. The lowest BCUT2D eigenvalue weighted by Crippen LogP contribution is -2.01. The van der Waals surface area contributed by atoms with Crippen LogP contribution in [0.25, 0.3) is 27.6 Å². The van der Waals surface area contributed by atoms with Gasteiger partial charge in [-0.05, 0) is 52.2 Å². The Morgan fingerprint density at radius 1 is 1.19 bits per heavy atom. The molecule has 128 valence electrons. The summed E-state index contributed by atoms with van der Waals surface area (Å²) in [6.07, 6.45) is 2.94. The number of hydrogen-bond donors (Lipinski definition) is 1. The zero-order chi connectivity index (χ0) is 18.3. The molecular formula is C19H13BrClN5. The second-order valence-corrected chi connectivity index (χ2v) is 7.17. The fraction of sp³-hybridized carbons (Fsp3) is 0.105. The van der Waals surface area contributed by atoms with Gasteiger partial charge in [0.2, 0.25) is 5.95 Å². The summed E-state index contributed by atoms with van der Waals surface area (Å²) in [7, 11) is 0. The van der Waals surface area contributed by atoms with Crippen LogP contribution in [-0.4, -0.2) is 14.5 Å². The number of pyridine rings is 1. The smallest absolute Gasteiger partial charge is 0.206 e. The van der Waals surface area contributed by atoms with Crippen molar-refractivity contribution >= 4 is 55.4 Å². The van der Waals surface area contributed by atoms with Crippen LogP contribution < -0.4 is 5.73 Å². The van der Waals surface area contributed by atoms with Crippen molar-refractivity contribution in [2.24, 2.45) is 0 Å². The standard InChI is InChI=1S/C19H13BrClN5/c20-14-8-13-16(9-15(14)21)24-10-17-18(13)26(19(23)25-17)12-5-3-11(4-6-12)2-1-7-22/h3-6,8-10H,1-2H2,(H2,23,25). The molecule has 0 bridgehead atoms. The number of nitrogens with two attached hydrogens (primary N) is 1. The number of rotatable bonds is 3. The second kappa shape index (κ2) is 6.60. The minimum Gasteiger partial charge on any atom is -0.369 e. The van der Waals surface area contributed by atoms with Crippen LogP contribution in [0.15, 0.2) is 47.1 Å². The van der Waals surface area contributed by atoms with E-state index in [-0.39, 0.29) is 0 Å². The molecule has 0 atom stereocenters. The van der Waals surface area contributed by atoms with E-state index >= 15 is 0 Å². The number of aryl methyl sites for hydroxylation is 1. The van der Waals surface area contributed by atoms with E-state index in [1.165, 1.54) is 0 Å². The Kier molecular flexibility index (Phi) is 4.27. The third kappa shape index (κ3) is 2.79. The van der Waals surface area contributed by atoms with Gasteiger partial charge in [-0.1, -0.05) is 23.7 Å². The second-order valence-electron chi connectivity index (χ2n) is 5.91. The van der Waals surface area contributed by atoms with Crippen molar-refractivity contribution in [1.82, 2.24) is 14.5 Å². The molecule has 26 heavy (non-hydrogen) atoms. The molecule has 2 heterocycles. The maximum atomic E-state index is 8.73. The largest absolute Gasteiger partial charge is 0.369 e. The predicted octanol–water partition coefficient (Wildman–Crippen LogP) is 5.03. The number of halogens is 2. The van der Waals surface area contributed by atoms with Crippen LogP contribution in [0, 0.1) is 11.3 Å². The Labute approximate surface area is 163 Å². The number of benzene rings is 2. The summed E-state index contributed by atoms with van der Waals surface area (Å²) in [5, 5.41) is 10.2. The lowest BCUT2D eigenvalue weighted by molar-refractivity contribution is 1.01. The van der Waals surface area contributed by atoms with E-state index in [2.05, 4.69) is 32.0 Å². The molecule has 0 unspecified atom stereocenters. The SMILES string of the molecule is N#CCCc1ccc(-n2c(N)nc3cnc4cc(Cl)c(Br)cc4c32)cc1. The van der Waals surface area contributed by atoms with Gasteiger partial charge in [-0.25, -0.2) is 4.98 Å². The van der Waals surface area contributed by atoms with E-state index in [4.69, 9.17) is 22.6 Å². The summed E-state index contributed by atoms with van der Waals surface area (Å²) in [4.78, 5) is 8.89. The summed E-state index contributed by atoms with van der Waals surface area (Å²) in [6.45, 7) is 0. The van der Waals surface area contributed by atoms with Crippen molar-refractivity contribution in [2.45, 2.75) is 12.8 Å². The molecule has 7 heteroatoms. The first-order chi connectivity index (χ1) is 12.6. The molecule has 4 rings (SSSR count). The highest BCUT2D eigenvalue weighted by Gasteiger charge is 2.15. The van der Waals surface area contributed by atoms with Crippen LogP contribution in [0.3, 0.4) is 0 Å². The number of nitriles is 1. The molecule has 0 aliphatic carbocycles. The highest BCUT2D eigenvalue weighted by atomic mass is 79.9. The molecular weight excluding hydrogens is 414 g/mol. The fourth-order valence-corrected chi connectivity index (χ4v) is 3.54. The summed E-state index contributed by atoms with van der Waals surface area (Å²) in [5.41, 5.74) is 10.6. The van der Waals surface area contributed by atoms with Crippen molar-refractivity contribution in [2.75, 3.05) is 5.73 Å². The van der Waals surface area contributed by atoms with Crippen LogP contribution in [0.2, 0.25) is 5.02 Å². The monoisotopic (exact) mass is 425 g/mol. The van der Waals surface area contributed by atoms with E-state index in [0.717, 1.165) is 44.1 Å². The fourth-order valence-electron chi connectivity index (χ4n) is 3.04. The number of nitrogens with zero attached hydrogens (tertiary/aromatic N) is 4. The van der Waals surface area contributed by atoms with Crippen molar-refractivity contribution in [3.8, 4) is 11.8 Å². The van der Waals surface area contributed by atoms with Gasteiger partial charge in [0.25, 0.3) is 0 Å². The zero-order valence-electron chi connectivity index (χ0n) is 13.6. The van der Waals surface area contributed by atoms with E-state index in [0.29, 0.717) is 17.4 Å². The maximum Gasteiger partial charge on any atom is 0.206 e. The summed E-state index contributed by atoms with van der Waals surface area (Å²) in [6, 6.07) is 13.9. The highest BCUT2D eigenvalue weighted by Crippen LogP contribution is 2.33. The Balaban J connectivity index is 1.94. The van der Waals surface area contributed by atoms with Crippen molar-refractivity contribution in [3.63, 3.8) is 0 Å². The van der Waals surface area contributed by atoms with Crippen molar-refractivity contribution in [3.05, 3.63) is 57.7 Å². The Morgan fingerprint density at radius 2 is 1.96 bits per heavy atom. The van der Waals surface area contributed by atoms with Gasteiger partial charge in [0.1, 0.15) is 5.52 Å². The van der Waals surface area contributed by atoms with Gasteiger partial charge in [0.05, 0.1) is 28.3 Å². The molecule has 0 radical (unpaired) electrons. The average molecular weight is 427 g/mol. The molecule has 2 aromatic carbocycles. The molecule has 0 spiro atoms. The summed E-state index contributed by atoms with van der Waals surface area (Å²) >= 11 is 9.68. The maximum absolute atomic E-state index is 8.73. The van der Waals surface area contributed by atoms with Crippen LogP contribution in [0.1, 0.15) is 12.0 Å². The molecule has 0 aliphatic rings.